The lowest BCUT2D eigenvalue weighted by Crippen LogP contribution is -2.59. The Hall–Kier alpha value is -4.86. The van der Waals surface area contributed by atoms with Crippen molar-refractivity contribution in [1.29, 1.82) is 0 Å². The van der Waals surface area contributed by atoms with Gasteiger partial charge in [-0.3, -0.25) is 14.5 Å². The normalized spacial score (nSPS) is 25.5. The molecule has 218 valence electrons. The molecule has 3 aliphatic rings. The fourth-order valence-corrected chi connectivity index (χ4v) is 9.50. The number of allylic oxidation sites excluding steroid dienone is 1. The standard InChI is InChI=1S/C42H33NO2/c1-43-26-37(34-21-7-14-28-12-3-5-20-33(28)34)41(42(43)36-23-9-16-29-15-8-22-35(38(29)36)40(42)45)24-10-18-31(39(41)44)25-30-17-6-13-27-11-2-4-19-32(27)30/h2-9,11-17,19-23,25,37H,10,18,24,26H2,1H3/b31-25+/t37-,41+,42+/m0/s1. The lowest BCUT2D eigenvalue weighted by molar-refractivity contribution is -0.132. The highest BCUT2D eigenvalue weighted by Crippen LogP contribution is 2.67. The van der Waals surface area contributed by atoms with Gasteiger partial charge in [-0.2, -0.15) is 0 Å². The van der Waals surface area contributed by atoms with Crippen LogP contribution in [0.2, 0.25) is 0 Å². The van der Waals surface area contributed by atoms with Crippen LogP contribution in [-0.4, -0.2) is 30.1 Å². The number of carbonyl (C=O) groups is 2. The zero-order valence-corrected chi connectivity index (χ0v) is 25.3. The van der Waals surface area contributed by atoms with Crippen molar-refractivity contribution in [3.8, 4) is 0 Å². The maximum Gasteiger partial charge on any atom is 0.189 e. The molecule has 0 bridgehead atoms. The van der Waals surface area contributed by atoms with Crippen LogP contribution in [0.15, 0.2) is 127 Å². The van der Waals surface area contributed by atoms with Gasteiger partial charge in [0, 0.05) is 18.0 Å². The predicted molar refractivity (Wildman–Crippen MR) is 182 cm³/mol. The van der Waals surface area contributed by atoms with Crippen LogP contribution in [0.1, 0.15) is 52.2 Å². The number of benzene rings is 6. The van der Waals surface area contributed by atoms with Gasteiger partial charge in [0.05, 0.1) is 5.41 Å². The number of hydrogen-bond acceptors (Lipinski definition) is 3. The van der Waals surface area contributed by atoms with Gasteiger partial charge in [0.1, 0.15) is 5.54 Å². The molecule has 3 heteroatoms. The molecule has 45 heavy (non-hydrogen) atoms. The molecule has 2 aliphatic carbocycles. The van der Waals surface area contributed by atoms with Crippen LogP contribution in [0.3, 0.4) is 0 Å². The van der Waals surface area contributed by atoms with E-state index in [0.29, 0.717) is 19.4 Å². The Labute approximate surface area is 262 Å². The van der Waals surface area contributed by atoms with Crippen molar-refractivity contribution in [3.63, 3.8) is 0 Å². The number of likely N-dealkylation sites (tertiary alicyclic amines) is 1. The van der Waals surface area contributed by atoms with E-state index in [0.717, 1.165) is 66.6 Å². The molecule has 1 saturated heterocycles. The van der Waals surface area contributed by atoms with Gasteiger partial charge in [-0.05, 0) is 87.0 Å². The topological polar surface area (TPSA) is 37.4 Å². The quantitative estimate of drug-likeness (QED) is 0.191. The molecule has 2 spiro atoms. The van der Waals surface area contributed by atoms with E-state index in [4.69, 9.17) is 0 Å². The fraction of sp³-hybridized carbons (Fsp3) is 0.190. The van der Waals surface area contributed by atoms with E-state index in [9.17, 15) is 0 Å². The third-order valence-corrected chi connectivity index (χ3v) is 11.2. The zero-order valence-electron chi connectivity index (χ0n) is 25.3. The van der Waals surface area contributed by atoms with E-state index in [2.05, 4.69) is 127 Å². The summed E-state index contributed by atoms with van der Waals surface area (Å²) in [5.74, 6) is 0.0345. The first-order chi connectivity index (χ1) is 22.1. The SMILES string of the molecule is CN1C[C@@H](c2cccc3ccccc23)[C@@]2(CCC/C(=C\c3cccc4ccccc34)C2=O)[C@@]12C(=O)c1cccc3cccc2c13. The summed E-state index contributed by atoms with van der Waals surface area (Å²) in [7, 11) is 2.07. The summed E-state index contributed by atoms with van der Waals surface area (Å²) in [5.41, 5.74) is 2.72. The number of rotatable bonds is 2. The molecular formula is C42H33NO2. The number of nitrogens with zero attached hydrogens (tertiary/aromatic N) is 1. The lowest BCUT2D eigenvalue weighted by atomic mass is 9.52. The monoisotopic (exact) mass is 583 g/mol. The third-order valence-electron chi connectivity index (χ3n) is 11.2. The summed E-state index contributed by atoms with van der Waals surface area (Å²) >= 11 is 0. The number of Topliss-reactive ketones (excluding diaryl/α,β-unsaturated/α-hetero) is 2. The van der Waals surface area contributed by atoms with Gasteiger partial charge in [-0.15, -0.1) is 0 Å². The molecule has 6 aromatic carbocycles. The van der Waals surface area contributed by atoms with Gasteiger partial charge in [0.25, 0.3) is 0 Å². The molecule has 0 amide bonds. The van der Waals surface area contributed by atoms with Crippen LogP contribution in [0.4, 0.5) is 0 Å². The second-order valence-corrected chi connectivity index (χ2v) is 13.1. The highest BCUT2D eigenvalue weighted by molar-refractivity contribution is 6.24. The summed E-state index contributed by atoms with van der Waals surface area (Å²) in [6.07, 6.45) is 4.34. The van der Waals surface area contributed by atoms with Crippen molar-refractivity contribution >= 4 is 50.0 Å². The largest absolute Gasteiger partial charge is 0.294 e. The first-order valence-electron chi connectivity index (χ1n) is 16.0. The van der Waals surface area contributed by atoms with E-state index in [1.165, 1.54) is 0 Å². The molecule has 1 aliphatic heterocycles. The third kappa shape index (κ3) is 3.34. The van der Waals surface area contributed by atoms with Gasteiger partial charge in [-0.25, -0.2) is 0 Å². The molecule has 9 rings (SSSR count). The molecule has 6 aromatic rings. The summed E-state index contributed by atoms with van der Waals surface area (Å²) < 4.78 is 0. The Bertz CT molecular complexity index is 2250. The summed E-state index contributed by atoms with van der Waals surface area (Å²) in [6.45, 7) is 0.622. The Morgan fingerprint density at radius 1 is 0.689 bits per heavy atom. The molecule has 1 heterocycles. The Balaban J connectivity index is 1.34. The highest BCUT2D eigenvalue weighted by atomic mass is 16.1. The van der Waals surface area contributed by atoms with E-state index < -0.39 is 11.0 Å². The number of likely N-dealkylation sites (N-methyl/N-ethyl adjacent to an activating group) is 1. The molecular weight excluding hydrogens is 550 g/mol. The highest BCUT2D eigenvalue weighted by Gasteiger charge is 2.73. The minimum absolute atomic E-state index is 0.0688. The smallest absolute Gasteiger partial charge is 0.189 e. The number of fused-ring (bicyclic) bond motifs is 4. The van der Waals surface area contributed by atoms with E-state index in [-0.39, 0.29) is 17.5 Å². The molecule has 3 nitrogen and oxygen atoms in total. The minimum atomic E-state index is -1.09. The van der Waals surface area contributed by atoms with E-state index >= 15 is 9.59 Å². The first-order valence-corrected chi connectivity index (χ1v) is 16.0. The van der Waals surface area contributed by atoms with Crippen molar-refractivity contribution in [2.24, 2.45) is 5.41 Å². The van der Waals surface area contributed by atoms with Gasteiger partial charge < -0.3 is 0 Å². The Kier molecular flexibility index (Phi) is 5.64. The van der Waals surface area contributed by atoms with Crippen molar-refractivity contribution in [2.75, 3.05) is 13.6 Å². The summed E-state index contributed by atoms with van der Waals surface area (Å²) in [4.78, 5) is 33.1. The van der Waals surface area contributed by atoms with Crippen LogP contribution < -0.4 is 0 Å². The van der Waals surface area contributed by atoms with Crippen molar-refractivity contribution in [1.82, 2.24) is 4.90 Å². The second kappa shape index (κ2) is 9.57. The minimum Gasteiger partial charge on any atom is -0.294 e. The van der Waals surface area contributed by atoms with Gasteiger partial charge in [0.15, 0.2) is 11.6 Å². The van der Waals surface area contributed by atoms with Crippen molar-refractivity contribution in [2.45, 2.75) is 30.7 Å². The van der Waals surface area contributed by atoms with Crippen molar-refractivity contribution in [3.05, 3.63) is 149 Å². The average Bonchev–Trinajstić information content (AvgIpc) is 3.49. The second-order valence-electron chi connectivity index (χ2n) is 13.1. The van der Waals surface area contributed by atoms with E-state index in [1.807, 2.05) is 12.1 Å². The van der Waals surface area contributed by atoms with Gasteiger partial charge >= 0.3 is 0 Å². The van der Waals surface area contributed by atoms with Crippen LogP contribution in [-0.2, 0) is 10.3 Å². The van der Waals surface area contributed by atoms with Gasteiger partial charge in [0.2, 0.25) is 0 Å². The van der Waals surface area contributed by atoms with Crippen LogP contribution in [0.5, 0.6) is 0 Å². The number of ketones is 2. The van der Waals surface area contributed by atoms with Gasteiger partial charge in [-0.1, -0.05) is 121 Å². The van der Waals surface area contributed by atoms with E-state index in [1.54, 1.807) is 0 Å². The van der Waals surface area contributed by atoms with Crippen LogP contribution in [0, 0.1) is 5.41 Å². The fourth-order valence-electron chi connectivity index (χ4n) is 9.50. The van der Waals surface area contributed by atoms with Crippen molar-refractivity contribution < 1.29 is 9.59 Å². The Morgan fingerprint density at radius 3 is 2.16 bits per heavy atom. The molecule has 3 atom stereocenters. The summed E-state index contributed by atoms with van der Waals surface area (Å²) in [6, 6.07) is 41.9. The number of hydrogen-bond donors (Lipinski definition) is 0. The predicted octanol–water partition coefficient (Wildman–Crippen LogP) is 9.09. The lowest BCUT2D eigenvalue weighted by Gasteiger charge is -2.49. The number of carbonyl (C=O) groups excluding carboxylic acids is 2. The van der Waals surface area contributed by atoms with Crippen LogP contribution in [0.25, 0.3) is 38.4 Å². The molecule has 2 fully saturated rings. The average molecular weight is 584 g/mol. The Morgan fingerprint density at radius 2 is 1.33 bits per heavy atom. The molecule has 1 saturated carbocycles. The zero-order chi connectivity index (χ0) is 30.3. The molecule has 0 aromatic heterocycles. The maximum atomic E-state index is 15.7. The van der Waals surface area contributed by atoms with Crippen LogP contribution >= 0.6 is 0 Å². The molecule has 0 N–H and O–H groups in total. The molecule has 0 unspecified atom stereocenters. The molecule has 0 radical (unpaired) electrons. The first kappa shape index (κ1) is 26.5. The maximum absolute atomic E-state index is 15.7. The summed E-state index contributed by atoms with van der Waals surface area (Å²) in [5, 5.41) is 6.68.